The van der Waals surface area contributed by atoms with Gasteiger partial charge in [-0.3, -0.25) is 4.79 Å². The molecular weight excluding hydrogens is 432 g/mol. The minimum Gasteiger partial charge on any atom is -0.369 e. The van der Waals surface area contributed by atoms with E-state index in [1.165, 1.54) is 22.2 Å². The third kappa shape index (κ3) is 4.59. The third-order valence-electron chi connectivity index (χ3n) is 5.40. The molecule has 4 nitrogen and oxygen atoms in total. The fourth-order valence-corrected chi connectivity index (χ4v) is 6.38. The van der Waals surface area contributed by atoms with Gasteiger partial charge in [0.2, 0.25) is 0 Å². The predicted molar refractivity (Wildman–Crippen MR) is 127 cm³/mol. The average molecular weight is 459 g/mol. The van der Waals surface area contributed by atoms with Gasteiger partial charge in [0.15, 0.2) is 10.9 Å². The molecule has 0 fully saturated rings. The molecule has 0 radical (unpaired) electrons. The van der Waals surface area contributed by atoms with Crippen LogP contribution in [0.1, 0.15) is 54.4 Å². The van der Waals surface area contributed by atoms with E-state index >= 15 is 0 Å². The molecule has 1 aliphatic rings. The first kappa shape index (κ1) is 21.8. The summed E-state index contributed by atoms with van der Waals surface area (Å²) in [7, 11) is 0. The molecule has 30 heavy (non-hydrogen) atoms. The molecule has 3 aromatic rings. The Labute approximate surface area is 190 Å². The van der Waals surface area contributed by atoms with Crippen molar-refractivity contribution in [3.8, 4) is 0 Å². The zero-order valence-corrected chi connectivity index (χ0v) is 20.0. The second kappa shape index (κ2) is 9.39. The van der Waals surface area contributed by atoms with E-state index in [0.29, 0.717) is 12.4 Å². The lowest BCUT2D eigenvalue weighted by Crippen LogP contribution is -2.33. The van der Waals surface area contributed by atoms with Crippen LogP contribution in [0.2, 0.25) is 0 Å². The lowest BCUT2D eigenvalue weighted by atomic mass is 9.90. The van der Waals surface area contributed by atoms with Gasteiger partial charge in [0, 0.05) is 28.0 Å². The molecule has 0 aliphatic carbocycles. The lowest BCUT2D eigenvalue weighted by Gasteiger charge is -2.33. The molecule has 1 aliphatic heterocycles. The number of thioether (sulfide) groups is 2. The average Bonchev–Trinajstić information content (AvgIpc) is 3.13. The highest BCUT2D eigenvalue weighted by molar-refractivity contribution is 8.00. The highest BCUT2D eigenvalue weighted by Gasteiger charge is 2.33. The van der Waals surface area contributed by atoms with Gasteiger partial charge < -0.3 is 4.74 Å². The van der Waals surface area contributed by atoms with Gasteiger partial charge >= 0.3 is 0 Å². The molecule has 158 valence electrons. The molecule has 4 rings (SSSR count). The molecule has 7 heteroatoms. The van der Waals surface area contributed by atoms with Gasteiger partial charge in [0.05, 0.1) is 18.0 Å². The number of rotatable bonds is 8. The topological polar surface area (TPSA) is 52.1 Å². The van der Waals surface area contributed by atoms with E-state index in [-0.39, 0.29) is 11.4 Å². The number of thiophene rings is 1. The highest BCUT2D eigenvalue weighted by Crippen LogP contribution is 2.43. The number of ketones is 1. The van der Waals surface area contributed by atoms with E-state index in [0.717, 1.165) is 51.0 Å². The first-order chi connectivity index (χ1) is 14.5. The molecule has 0 N–H and O–H groups in total. The standard InChI is InChI=1S/C23H26N2O2S3/c1-4-11-28-22-24-20(29-14-17(26)15-9-7-6-8-10-15)19-16-12-23(3,5-2)27-13-18(16)30-21(19)25-22/h6-10H,4-5,11-14H2,1-3H3/t23-/m0/s1. The maximum absolute atomic E-state index is 12.7. The fourth-order valence-electron chi connectivity index (χ4n) is 3.45. The van der Waals surface area contributed by atoms with Crippen LogP contribution in [0.25, 0.3) is 10.2 Å². The summed E-state index contributed by atoms with van der Waals surface area (Å²) in [5, 5.41) is 2.86. The van der Waals surface area contributed by atoms with Crippen LogP contribution in [-0.2, 0) is 17.8 Å². The largest absolute Gasteiger partial charge is 0.369 e. The Morgan fingerprint density at radius 1 is 1.20 bits per heavy atom. The number of fused-ring (bicyclic) bond motifs is 3. The Bertz CT molecular complexity index is 1050. The number of Topliss-reactive ketones (excluding diaryl/α,β-unsaturated/α-hetero) is 1. The number of aromatic nitrogens is 2. The summed E-state index contributed by atoms with van der Waals surface area (Å²) in [5.74, 6) is 1.49. The normalized spacial score (nSPS) is 18.5. The first-order valence-electron chi connectivity index (χ1n) is 10.3. The Kier molecular flexibility index (Phi) is 6.82. The van der Waals surface area contributed by atoms with Crippen LogP contribution < -0.4 is 0 Å². The molecule has 0 bridgehead atoms. The molecule has 1 aromatic carbocycles. The van der Waals surface area contributed by atoms with E-state index in [2.05, 4.69) is 20.8 Å². The molecule has 1 atom stereocenters. The number of nitrogens with zero attached hydrogens (tertiary/aromatic N) is 2. The van der Waals surface area contributed by atoms with Crippen molar-refractivity contribution in [1.29, 1.82) is 0 Å². The van der Waals surface area contributed by atoms with Gasteiger partial charge in [-0.2, -0.15) is 0 Å². The van der Waals surface area contributed by atoms with Gasteiger partial charge in [-0.15, -0.1) is 11.3 Å². The summed E-state index contributed by atoms with van der Waals surface area (Å²) < 4.78 is 6.16. The van der Waals surface area contributed by atoms with Crippen molar-refractivity contribution in [1.82, 2.24) is 9.97 Å². The number of carbonyl (C=O) groups is 1. The summed E-state index contributed by atoms with van der Waals surface area (Å²) in [6, 6.07) is 9.48. The fraction of sp³-hybridized carbons (Fsp3) is 0.435. The second-order valence-electron chi connectivity index (χ2n) is 7.69. The van der Waals surface area contributed by atoms with E-state index in [1.807, 2.05) is 30.3 Å². The Morgan fingerprint density at radius 3 is 2.73 bits per heavy atom. The molecule has 0 unspecified atom stereocenters. The lowest BCUT2D eigenvalue weighted by molar-refractivity contribution is -0.0543. The van der Waals surface area contributed by atoms with Crippen molar-refractivity contribution < 1.29 is 9.53 Å². The minimum absolute atomic E-state index is 0.126. The summed E-state index contributed by atoms with van der Waals surface area (Å²) in [6.07, 6.45) is 2.90. The molecule has 0 amide bonds. The van der Waals surface area contributed by atoms with E-state index < -0.39 is 0 Å². The number of hydrogen-bond donors (Lipinski definition) is 0. The summed E-state index contributed by atoms with van der Waals surface area (Å²) in [5.41, 5.74) is 1.90. The van der Waals surface area contributed by atoms with Crippen LogP contribution >= 0.6 is 34.9 Å². The quantitative estimate of drug-likeness (QED) is 0.168. The van der Waals surface area contributed by atoms with Crippen LogP contribution in [-0.4, -0.2) is 32.9 Å². The van der Waals surface area contributed by atoms with Crippen LogP contribution in [0.15, 0.2) is 40.5 Å². The number of hydrogen-bond acceptors (Lipinski definition) is 7. The Balaban J connectivity index is 1.70. The van der Waals surface area contributed by atoms with Crippen molar-refractivity contribution >= 4 is 50.9 Å². The number of carbonyl (C=O) groups excluding carboxylic acids is 1. The van der Waals surface area contributed by atoms with Crippen molar-refractivity contribution in [2.75, 3.05) is 11.5 Å². The number of ether oxygens (including phenoxy) is 1. The molecule has 3 heterocycles. The van der Waals surface area contributed by atoms with Crippen LogP contribution in [0.5, 0.6) is 0 Å². The summed E-state index contributed by atoms with van der Waals surface area (Å²) >= 11 is 4.94. The van der Waals surface area contributed by atoms with Gasteiger partial charge in [-0.1, -0.05) is 67.7 Å². The monoisotopic (exact) mass is 458 g/mol. The highest BCUT2D eigenvalue weighted by atomic mass is 32.2. The van der Waals surface area contributed by atoms with Crippen molar-refractivity contribution in [2.45, 2.75) is 62.4 Å². The number of benzene rings is 1. The molecule has 0 saturated carbocycles. The van der Waals surface area contributed by atoms with Crippen LogP contribution in [0, 0.1) is 0 Å². The Hall–Kier alpha value is -1.41. The molecular formula is C23H26N2O2S3. The maximum atomic E-state index is 12.7. The SMILES string of the molecule is CCCSc1nc(SCC(=O)c2ccccc2)c2c3c(sc2n1)CO[C@@](C)(CC)C3. The van der Waals surface area contributed by atoms with Crippen molar-refractivity contribution in [3.63, 3.8) is 0 Å². The maximum Gasteiger partial charge on any atom is 0.190 e. The zero-order chi connectivity index (χ0) is 21.1. The molecule has 2 aromatic heterocycles. The Morgan fingerprint density at radius 2 is 2.00 bits per heavy atom. The molecule has 0 spiro atoms. The summed E-state index contributed by atoms with van der Waals surface area (Å²) in [4.78, 5) is 24.7. The first-order valence-corrected chi connectivity index (χ1v) is 13.1. The summed E-state index contributed by atoms with van der Waals surface area (Å²) in [6.45, 7) is 7.14. The predicted octanol–water partition coefficient (Wildman–Crippen LogP) is 6.41. The second-order valence-corrected chi connectivity index (χ2v) is 10.8. The third-order valence-corrected chi connectivity index (χ3v) is 8.53. The van der Waals surface area contributed by atoms with Crippen molar-refractivity contribution in [3.05, 3.63) is 46.3 Å². The van der Waals surface area contributed by atoms with Crippen molar-refractivity contribution in [2.24, 2.45) is 0 Å². The van der Waals surface area contributed by atoms with Gasteiger partial charge in [-0.05, 0) is 25.3 Å². The van der Waals surface area contributed by atoms with Gasteiger partial charge in [-0.25, -0.2) is 9.97 Å². The van der Waals surface area contributed by atoms with Crippen LogP contribution in [0.3, 0.4) is 0 Å². The molecule has 0 saturated heterocycles. The van der Waals surface area contributed by atoms with E-state index in [1.54, 1.807) is 23.1 Å². The minimum atomic E-state index is -0.154. The van der Waals surface area contributed by atoms with Crippen LogP contribution in [0.4, 0.5) is 0 Å². The zero-order valence-electron chi connectivity index (χ0n) is 17.6. The van der Waals surface area contributed by atoms with E-state index in [9.17, 15) is 4.79 Å². The van der Waals surface area contributed by atoms with E-state index in [4.69, 9.17) is 14.7 Å². The van der Waals surface area contributed by atoms with Gasteiger partial charge in [0.1, 0.15) is 9.86 Å². The van der Waals surface area contributed by atoms with Gasteiger partial charge in [0.25, 0.3) is 0 Å². The smallest absolute Gasteiger partial charge is 0.190 e.